The molecule has 104 valence electrons. The smallest absolute Gasteiger partial charge is 0.307 e. The summed E-state index contributed by atoms with van der Waals surface area (Å²) in [6, 6.07) is 11.5. The van der Waals surface area contributed by atoms with Crippen LogP contribution in [-0.2, 0) is 6.42 Å². The number of hydrogen-bond donors (Lipinski definition) is 1. The third-order valence-corrected chi connectivity index (χ3v) is 3.07. The first-order valence-electron chi connectivity index (χ1n) is 6.60. The van der Waals surface area contributed by atoms with Gasteiger partial charge < -0.3 is 4.42 Å². The van der Waals surface area contributed by atoms with E-state index in [1.807, 2.05) is 19.1 Å². The Morgan fingerprint density at radius 2 is 1.90 bits per heavy atom. The van der Waals surface area contributed by atoms with Crippen molar-refractivity contribution >= 4 is 11.6 Å². The van der Waals surface area contributed by atoms with Gasteiger partial charge in [-0.05, 0) is 43.5 Å². The molecule has 1 N–H and O–H groups in total. The van der Waals surface area contributed by atoms with Crippen molar-refractivity contribution in [3.63, 3.8) is 0 Å². The maximum Gasteiger partial charge on any atom is 0.307 e. The summed E-state index contributed by atoms with van der Waals surface area (Å²) in [5, 5.41) is 4.09. The second-order valence-electron chi connectivity index (χ2n) is 4.60. The largest absolute Gasteiger partial charge is 0.456 e. The van der Waals surface area contributed by atoms with Gasteiger partial charge in [0, 0.05) is 0 Å². The van der Waals surface area contributed by atoms with Crippen LogP contribution in [0, 0.1) is 6.92 Å². The third kappa shape index (κ3) is 3.35. The molecule has 1 heterocycles. The number of nitrogens with zero attached hydrogens (tertiary/aromatic N) is 1. The number of hydrazone groups is 1. The summed E-state index contributed by atoms with van der Waals surface area (Å²) in [6.07, 6.45) is 1.01. The van der Waals surface area contributed by atoms with Crippen LogP contribution in [0.15, 0.2) is 45.9 Å². The summed E-state index contributed by atoms with van der Waals surface area (Å²) in [4.78, 5) is 11.8. The van der Waals surface area contributed by atoms with Crippen molar-refractivity contribution in [1.82, 2.24) is 5.43 Å². The number of hydrogen-bond acceptors (Lipinski definition) is 3. The minimum absolute atomic E-state index is 0.264. The van der Waals surface area contributed by atoms with Crippen LogP contribution in [0.25, 0.3) is 0 Å². The van der Waals surface area contributed by atoms with E-state index in [4.69, 9.17) is 4.42 Å². The molecule has 0 radical (unpaired) electrons. The van der Waals surface area contributed by atoms with Crippen LogP contribution in [0.5, 0.6) is 0 Å². The zero-order chi connectivity index (χ0) is 14.5. The van der Waals surface area contributed by atoms with E-state index in [9.17, 15) is 4.79 Å². The molecule has 1 aromatic carbocycles. The monoisotopic (exact) mass is 270 g/mol. The summed E-state index contributed by atoms with van der Waals surface area (Å²) in [7, 11) is 0. The Kier molecular flexibility index (Phi) is 4.35. The lowest BCUT2D eigenvalue weighted by Crippen LogP contribution is -2.18. The van der Waals surface area contributed by atoms with Gasteiger partial charge in [0.15, 0.2) is 5.76 Å². The molecule has 0 aliphatic rings. The molecule has 4 nitrogen and oxygen atoms in total. The predicted octanol–water partition coefficient (Wildman–Crippen LogP) is 3.30. The third-order valence-electron chi connectivity index (χ3n) is 3.07. The fourth-order valence-corrected chi connectivity index (χ4v) is 1.79. The summed E-state index contributed by atoms with van der Waals surface area (Å²) < 4.78 is 5.23. The first kappa shape index (κ1) is 14.1. The van der Waals surface area contributed by atoms with Gasteiger partial charge in [0.1, 0.15) is 5.76 Å². The normalized spacial score (nSPS) is 11.4. The highest BCUT2D eigenvalue weighted by atomic mass is 16.3. The number of amides is 1. The SMILES string of the molecule is CCc1ccc(/C(C)=N\NC(=O)c2ccc(C)o2)cc1. The standard InChI is InChI=1S/C16H18N2O2/c1-4-13-6-8-14(9-7-13)12(3)17-18-16(19)15-10-5-11(2)20-15/h5-10H,4H2,1-3H3,(H,18,19)/b17-12-. The van der Waals surface area contributed by atoms with Crippen LogP contribution < -0.4 is 5.43 Å². The van der Waals surface area contributed by atoms with Crippen molar-refractivity contribution in [2.75, 3.05) is 0 Å². The van der Waals surface area contributed by atoms with Crippen LogP contribution in [0.4, 0.5) is 0 Å². The van der Waals surface area contributed by atoms with Gasteiger partial charge in [-0.15, -0.1) is 0 Å². The number of carbonyl (C=O) groups is 1. The molecular weight excluding hydrogens is 252 g/mol. The first-order chi connectivity index (χ1) is 9.60. The molecule has 0 aliphatic heterocycles. The quantitative estimate of drug-likeness (QED) is 0.684. The van der Waals surface area contributed by atoms with Gasteiger partial charge in [0.2, 0.25) is 0 Å². The number of carbonyl (C=O) groups excluding carboxylic acids is 1. The summed E-state index contributed by atoms with van der Waals surface area (Å²) in [5.41, 5.74) is 5.51. The lowest BCUT2D eigenvalue weighted by atomic mass is 10.1. The Bertz CT molecular complexity index is 624. The van der Waals surface area contributed by atoms with Crippen molar-refractivity contribution in [2.24, 2.45) is 5.10 Å². The van der Waals surface area contributed by atoms with Gasteiger partial charge in [-0.1, -0.05) is 31.2 Å². The Morgan fingerprint density at radius 1 is 1.20 bits per heavy atom. The van der Waals surface area contributed by atoms with Crippen molar-refractivity contribution in [2.45, 2.75) is 27.2 Å². The number of nitrogens with one attached hydrogen (secondary N) is 1. The van der Waals surface area contributed by atoms with E-state index in [-0.39, 0.29) is 11.7 Å². The minimum Gasteiger partial charge on any atom is -0.456 e. The predicted molar refractivity (Wildman–Crippen MR) is 78.9 cm³/mol. The average molecular weight is 270 g/mol. The maximum absolute atomic E-state index is 11.8. The van der Waals surface area contributed by atoms with Gasteiger partial charge in [0.25, 0.3) is 0 Å². The lowest BCUT2D eigenvalue weighted by molar-refractivity contribution is 0.0926. The topological polar surface area (TPSA) is 54.6 Å². The number of aryl methyl sites for hydroxylation is 2. The van der Waals surface area contributed by atoms with E-state index in [1.165, 1.54) is 5.56 Å². The molecule has 0 unspecified atom stereocenters. The average Bonchev–Trinajstić information content (AvgIpc) is 2.91. The number of benzene rings is 1. The van der Waals surface area contributed by atoms with Crippen LogP contribution in [-0.4, -0.2) is 11.6 Å². The molecule has 0 aliphatic carbocycles. The van der Waals surface area contributed by atoms with Crippen molar-refractivity contribution in [3.8, 4) is 0 Å². The molecule has 2 rings (SSSR count). The van der Waals surface area contributed by atoms with E-state index in [2.05, 4.69) is 29.6 Å². The second kappa shape index (κ2) is 6.19. The van der Waals surface area contributed by atoms with Gasteiger partial charge in [-0.25, -0.2) is 5.43 Å². The molecule has 20 heavy (non-hydrogen) atoms. The van der Waals surface area contributed by atoms with E-state index in [0.717, 1.165) is 17.7 Å². The van der Waals surface area contributed by atoms with E-state index < -0.39 is 0 Å². The Morgan fingerprint density at radius 3 is 2.45 bits per heavy atom. The van der Waals surface area contributed by atoms with Crippen molar-refractivity contribution in [1.29, 1.82) is 0 Å². The highest BCUT2D eigenvalue weighted by molar-refractivity contribution is 6.00. The Balaban J connectivity index is 2.04. The molecule has 4 heteroatoms. The lowest BCUT2D eigenvalue weighted by Gasteiger charge is -2.03. The molecule has 0 saturated heterocycles. The van der Waals surface area contributed by atoms with E-state index in [0.29, 0.717) is 5.76 Å². The van der Waals surface area contributed by atoms with E-state index in [1.54, 1.807) is 19.1 Å². The van der Waals surface area contributed by atoms with Crippen LogP contribution in [0.3, 0.4) is 0 Å². The van der Waals surface area contributed by atoms with Gasteiger partial charge >= 0.3 is 5.91 Å². The molecule has 0 atom stereocenters. The highest BCUT2D eigenvalue weighted by Crippen LogP contribution is 2.07. The zero-order valence-electron chi connectivity index (χ0n) is 11.9. The van der Waals surface area contributed by atoms with Gasteiger partial charge in [-0.3, -0.25) is 4.79 Å². The summed E-state index contributed by atoms with van der Waals surface area (Å²) in [5.74, 6) is 0.619. The minimum atomic E-state index is -0.345. The van der Waals surface area contributed by atoms with Crippen LogP contribution >= 0.6 is 0 Å². The maximum atomic E-state index is 11.8. The number of furan rings is 1. The molecule has 0 fully saturated rings. The number of rotatable bonds is 4. The molecule has 0 saturated carbocycles. The fraction of sp³-hybridized carbons (Fsp3) is 0.250. The summed E-state index contributed by atoms with van der Waals surface area (Å²) >= 11 is 0. The van der Waals surface area contributed by atoms with Gasteiger partial charge in [0.05, 0.1) is 5.71 Å². The molecule has 1 aromatic heterocycles. The molecule has 0 bridgehead atoms. The first-order valence-corrected chi connectivity index (χ1v) is 6.60. The molecule has 1 amide bonds. The van der Waals surface area contributed by atoms with Crippen molar-refractivity contribution < 1.29 is 9.21 Å². The fourth-order valence-electron chi connectivity index (χ4n) is 1.79. The molecular formula is C16H18N2O2. The Labute approximate surface area is 118 Å². The Hall–Kier alpha value is -2.36. The van der Waals surface area contributed by atoms with Gasteiger partial charge in [-0.2, -0.15) is 5.10 Å². The molecule has 2 aromatic rings. The van der Waals surface area contributed by atoms with Crippen LogP contribution in [0.2, 0.25) is 0 Å². The van der Waals surface area contributed by atoms with Crippen molar-refractivity contribution in [3.05, 3.63) is 59.0 Å². The molecule has 0 spiro atoms. The summed E-state index contributed by atoms with van der Waals surface area (Å²) in [6.45, 7) is 5.76. The van der Waals surface area contributed by atoms with Crippen LogP contribution in [0.1, 0.15) is 41.3 Å². The highest BCUT2D eigenvalue weighted by Gasteiger charge is 2.08. The second-order valence-corrected chi connectivity index (χ2v) is 4.60. The zero-order valence-corrected chi connectivity index (χ0v) is 11.9. The van der Waals surface area contributed by atoms with E-state index >= 15 is 0 Å².